The fourth-order valence-corrected chi connectivity index (χ4v) is 6.59. The number of hydrazone groups is 1. The van der Waals surface area contributed by atoms with Crippen molar-refractivity contribution < 1.29 is 23.8 Å². The van der Waals surface area contributed by atoms with Crippen LogP contribution in [0.3, 0.4) is 0 Å². The molecule has 0 saturated heterocycles. The predicted molar refractivity (Wildman–Crippen MR) is 189 cm³/mol. The molecule has 1 heterocycles. The zero-order valence-corrected chi connectivity index (χ0v) is 29.2. The Hall–Kier alpha value is -4.12. The van der Waals surface area contributed by atoms with E-state index in [1.54, 1.807) is 36.4 Å². The maximum atomic E-state index is 13.6. The highest BCUT2D eigenvalue weighted by atomic mass is 79.9. The summed E-state index contributed by atoms with van der Waals surface area (Å²) in [6.07, 6.45) is 2.19. The number of para-hydroxylation sites is 1. The van der Waals surface area contributed by atoms with Gasteiger partial charge in [-0.25, -0.2) is 10.2 Å². The van der Waals surface area contributed by atoms with Gasteiger partial charge in [-0.3, -0.25) is 4.79 Å². The summed E-state index contributed by atoms with van der Waals surface area (Å²) in [5, 5.41) is 5.64. The molecular formula is C35H30Br2ClN3O5. The number of fused-ring (bicyclic) bond motifs is 1. The normalized spacial score (nSPS) is 11.2. The number of aromatic nitrogens is 1. The average Bonchev–Trinajstić information content (AvgIpc) is 3.43. The first-order valence-corrected chi connectivity index (χ1v) is 16.5. The molecule has 236 valence electrons. The number of ether oxygens (including phenoxy) is 3. The van der Waals surface area contributed by atoms with Gasteiger partial charge in [0.1, 0.15) is 5.69 Å². The molecular weight excluding hydrogens is 738 g/mol. The molecule has 0 unspecified atom stereocenters. The van der Waals surface area contributed by atoms with E-state index in [0.29, 0.717) is 55.5 Å². The Morgan fingerprint density at radius 1 is 0.935 bits per heavy atom. The number of nitrogens with one attached hydrogen (secondary N) is 2. The maximum Gasteiger partial charge on any atom is 0.343 e. The van der Waals surface area contributed by atoms with Crippen molar-refractivity contribution >= 4 is 72.5 Å². The first-order valence-electron chi connectivity index (χ1n) is 14.6. The molecule has 5 rings (SSSR count). The predicted octanol–water partition coefficient (Wildman–Crippen LogP) is 9.36. The van der Waals surface area contributed by atoms with Gasteiger partial charge in [0.25, 0.3) is 5.91 Å². The second-order valence-corrected chi connectivity index (χ2v) is 12.1. The Morgan fingerprint density at radius 2 is 1.70 bits per heavy atom. The van der Waals surface area contributed by atoms with Gasteiger partial charge < -0.3 is 19.2 Å². The van der Waals surface area contributed by atoms with Gasteiger partial charge in [0.05, 0.1) is 29.5 Å². The molecule has 11 heteroatoms. The minimum absolute atomic E-state index is 0.216. The Balaban J connectivity index is 1.44. The van der Waals surface area contributed by atoms with Crippen molar-refractivity contribution in [3.05, 3.63) is 109 Å². The van der Waals surface area contributed by atoms with Gasteiger partial charge in [-0.05, 0) is 78.2 Å². The minimum Gasteiger partial charge on any atom is -0.490 e. The highest BCUT2D eigenvalue weighted by Gasteiger charge is 2.22. The van der Waals surface area contributed by atoms with E-state index in [-0.39, 0.29) is 11.3 Å². The van der Waals surface area contributed by atoms with Gasteiger partial charge in [-0.15, -0.1) is 0 Å². The second kappa shape index (κ2) is 15.0. The van der Waals surface area contributed by atoms with Crippen molar-refractivity contribution in [2.75, 3.05) is 13.2 Å². The summed E-state index contributed by atoms with van der Waals surface area (Å²) < 4.78 is 18.3. The van der Waals surface area contributed by atoms with Crippen LogP contribution in [-0.2, 0) is 6.42 Å². The number of hydrogen-bond donors (Lipinski definition) is 2. The third-order valence-corrected chi connectivity index (χ3v) is 8.43. The lowest BCUT2D eigenvalue weighted by Gasteiger charge is -2.13. The van der Waals surface area contributed by atoms with E-state index in [1.807, 2.05) is 50.2 Å². The third kappa shape index (κ3) is 7.14. The summed E-state index contributed by atoms with van der Waals surface area (Å²) in [6, 6.07) is 21.7. The van der Waals surface area contributed by atoms with E-state index in [4.69, 9.17) is 25.8 Å². The monoisotopic (exact) mass is 765 g/mol. The van der Waals surface area contributed by atoms with E-state index in [1.165, 1.54) is 6.21 Å². The maximum absolute atomic E-state index is 13.6. The molecule has 8 nitrogen and oxygen atoms in total. The van der Waals surface area contributed by atoms with Gasteiger partial charge >= 0.3 is 5.97 Å². The van der Waals surface area contributed by atoms with E-state index < -0.39 is 11.9 Å². The molecule has 0 aliphatic heterocycles. The molecule has 2 N–H and O–H groups in total. The molecule has 5 aromatic rings. The van der Waals surface area contributed by atoms with E-state index in [0.717, 1.165) is 28.5 Å². The quantitative estimate of drug-likeness (QED) is 0.0604. The molecule has 0 bridgehead atoms. The summed E-state index contributed by atoms with van der Waals surface area (Å²) in [5.41, 5.74) is 6.99. The standard InChI is InChI=1S/C35H30Br2ClN3O5/c1-4-20-10-9-12-25-30(24-11-7-8-13-27(24)38)32(40-31(20)25)34(42)41-39-19-22-16-23(36)18-26(37)33(22)46-35(43)21-14-15-28(44-5-2)29(17-21)45-6-3/h7-19,40H,4-6H2,1-3H3,(H,41,42). The van der Waals surface area contributed by atoms with E-state index in [2.05, 4.69) is 54.3 Å². The van der Waals surface area contributed by atoms with Crippen LogP contribution in [0.15, 0.2) is 86.8 Å². The van der Waals surface area contributed by atoms with Gasteiger partial charge in [0.2, 0.25) is 0 Å². The van der Waals surface area contributed by atoms with Crippen LogP contribution in [0.4, 0.5) is 0 Å². The highest BCUT2D eigenvalue weighted by molar-refractivity contribution is 9.11. The Morgan fingerprint density at radius 3 is 2.43 bits per heavy atom. The van der Waals surface area contributed by atoms with Crippen LogP contribution in [0.2, 0.25) is 5.02 Å². The SMILES string of the molecule is CCOc1ccc(C(=O)Oc2c(Br)cc(Br)cc2C=NNC(=O)c2[nH]c3c(CC)cccc3c2-c2ccccc2Cl)cc1OCC. The van der Waals surface area contributed by atoms with Crippen molar-refractivity contribution in [1.82, 2.24) is 10.4 Å². The van der Waals surface area contributed by atoms with Crippen LogP contribution in [0.5, 0.6) is 17.2 Å². The summed E-state index contributed by atoms with van der Waals surface area (Å²) in [4.78, 5) is 30.2. The molecule has 0 aliphatic rings. The van der Waals surface area contributed by atoms with Crippen molar-refractivity contribution in [2.45, 2.75) is 27.2 Å². The molecule has 46 heavy (non-hydrogen) atoms. The second-order valence-electron chi connectivity index (χ2n) is 9.97. The number of amides is 1. The lowest BCUT2D eigenvalue weighted by Crippen LogP contribution is -2.19. The van der Waals surface area contributed by atoms with Crippen LogP contribution >= 0.6 is 43.5 Å². The number of H-pyrrole nitrogens is 1. The van der Waals surface area contributed by atoms with Crippen molar-refractivity contribution in [1.29, 1.82) is 0 Å². The fraction of sp³-hybridized carbons (Fsp3) is 0.171. The van der Waals surface area contributed by atoms with Crippen LogP contribution in [0.1, 0.15) is 52.7 Å². The van der Waals surface area contributed by atoms with Gasteiger partial charge in [0, 0.05) is 37.1 Å². The molecule has 4 aromatic carbocycles. The zero-order chi connectivity index (χ0) is 32.8. The minimum atomic E-state index is -0.611. The summed E-state index contributed by atoms with van der Waals surface area (Å²) >= 11 is 13.5. The number of hydrogen-bond acceptors (Lipinski definition) is 6. The van der Waals surface area contributed by atoms with Gasteiger partial charge in [0.15, 0.2) is 17.2 Å². The average molecular weight is 768 g/mol. The zero-order valence-electron chi connectivity index (χ0n) is 25.2. The molecule has 0 spiro atoms. The molecule has 1 amide bonds. The van der Waals surface area contributed by atoms with Crippen LogP contribution in [0, 0.1) is 0 Å². The Bertz CT molecular complexity index is 1960. The smallest absolute Gasteiger partial charge is 0.343 e. The number of rotatable bonds is 11. The van der Waals surface area contributed by atoms with Crippen LogP contribution < -0.4 is 19.6 Å². The topological polar surface area (TPSA) is 102 Å². The van der Waals surface area contributed by atoms with Crippen LogP contribution in [-0.4, -0.2) is 36.3 Å². The third-order valence-electron chi connectivity index (χ3n) is 7.05. The van der Waals surface area contributed by atoms with Gasteiger partial charge in [-0.1, -0.05) is 70.9 Å². The summed E-state index contributed by atoms with van der Waals surface area (Å²) in [7, 11) is 0. The number of aromatic amines is 1. The highest BCUT2D eigenvalue weighted by Crippen LogP contribution is 2.38. The van der Waals surface area contributed by atoms with Gasteiger partial charge in [-0.2, -0.15) is 5.10 Å². The molecule has 0 aliphatic carbocycles. The summed E-state index contributed by atoms with van der Waals surface area (Å²) in [6.45, 7) is 6.64. The molecule has 0 fully saturated rings. The molecule has 1 aromatic heterocycles. The molecule has 0 radical (unpaired) electrons. The molecule has 0 saturated carbocycles. The lowest BCUT2D eigenvalue weighted by molar-refractivity contribution is 0.0732. The largest absolute Gasteiger partial charge is 0.490 e. The number of aryl methyl sites for hydroxylation is 1. The number of carbonyl (C=O) groups excluding carboxylic acids is 2. The number of esters is 1. The van der Waals surface area contributed by atoms with Crippen molar-refractivity contribution in [3.8, 4) is 28.4 Å². The fourth-order valence-electron chi connectivity index (χ4n) is 5.02. The van der Waals surface area contributed by atoms with Crippen molar-refractivity contribution in [2.24, 2.45) is 5.10 Å². The van der Waals surface area contributed by atoms with E-state index in [9.17, 15) is 9.59 Å². The first-order chi connectivity index (χ1) is 22.2. The number of benzene rings is 4. The van der Waals surface area contributed by atoms with Crippen molar-refractivity contribution in [3.63, 3.8) is 0 Å². The lowest BCUT2D eigenvalue weighted by atomic mass is 9.99. The van der Waals surface area contributed by atoms with Crippen LogP contribution in [0.25, 0.3) is 22.0 Å². The van der Waals surface area contributed by atoms with E-state index >= 15 is 0 Å². The summed E-state index contributed by atoms with van der Waals surface area (Å²) in [5.74, 6) is 0.119. The Kier molecular flexibility index (Phi) is 10.8. The number of halogens is 3. The first kappa shape index (κ1) is 33.2. The number of nitrogens with zero attached hydrogens (tertiary/aromatic N) is 1. The molecule has 0 atom stereocenters. The Labute approximate surface area is 288 Å². The number of carbonyl (C=O) groups is 2.